The first kappa shape index (κ1) is 14.1. The molecule has 0 aliphatic heterocycles. The summed E-state index contributed by atoms with van der Waals surface area (Å²) in [4.78, 5) is 14.5. The van der Waals surface area contributed by atoms with Crippen LogP contribution in [0, 0.1) is 5.82 Å². The zero-order chi connectivity index (χ0) is 15.0. The van der Waals surface area contributed by atoms with Gasteiger partial charge in [-0.05, 0) is 43.2 Å². The number of carbonyl (C=O) groups is 1. The molecule has 1 aromatic heterocycles. The number of nitrogens with zero attached hydrogens (tertiary/aromatic N) is 2. The monoisotopic (exact) mass is 306 g/mol. The quantitative estimate of drug-likeness (QED) is 0.847. The summed E-state index contributed by atoms with van der Waals surface area (Å²) < 4.78 is 15.1. The van der Waals surface area contributed by atoms with Gasteiger partial charge in [0.25, 0.3) is 5.91 Å². The molecule has 1 fully saturated rings. The van der Waals surface area contributed by atoms with Crippen LogP contribution in [0.5, 0.6) is 0 Å². The number of rotatable bonds is 4. The lowest BCUT2D eigenvalue weighted by atomic mass is 10.2. The molecule has 0 bridgehead atoms. The number of carbonyl (C=O) groups excluding carboxylic acids is 1. The molecule has 2 aromatic rings. The molecule has 3 nitrogen and oxygen atoms in total. The Bertz CT molecular complexity index is 679. The van der Waals surface area contributed by atoms with E-state index in [1.165, 1.54) is 18.2 Å². The van der Waals surface area contributed by atoms with E-state index in [2.05, 4.69) is 0 Å². The maximum atomic E-state index is 13.1. The zero-order valence-electron chi connectivity index (χ0n) is 11.7. The summed E-state index contributed by atoms with van der Waals surface area (Å²) in [6.07, 6.45) is 3.97. The van der Waals surface area contributed by atoms with Crippen LogP contribution in [-0.2, 0) is 13.6 Å². The van der Waals surface area contributed by atoms with E-state index in [4.69, 9.17) is 11.6 Å². The Kier molecular flexibility index (Phi) is 3.72. The summed E-state index contributed by atoms with van der Waals surface area (Å²) in [5, 5.41) is 0.164. The molecule has 0 unspecified atom stereocenters. The van der Waals surface area contributed by atoms with Gasteiger partial charge in [0, 0.05) is 25.0 Å². The van der Waals surface area contributed by atoms with Crippen LogP contribution in [0.3, 0.4) is 0 Å². The molecule has 0 spiro atoms. The summed E-state index contributed by atoms with van der Waals surface area (Å²) in [6.45, 7) is 0.542. The van der Waals surface area contributed by atoms with Crippen molar-refractivity contribution in [1.29, 1.82) is 0 Å². The van der Waals surface area contributed by atoms with E-state index in [1.807, 2.05) is 34.8 Å². The molecule has 1 aliphatic rings. The third-order valence-electron chi connectivity index (χ3n) is 3.79. The minimum Gasteiger partial charge on any atom is -0.353 e. The molecular weight excluding hydrogens is 291 g/mol. The molecule has 0 saturated heterocycles. The van der Waals surface area contributed by atoms with E-state index in [0.717, 1.165) is 18.5 Å². The summed E-state index contributed by atoms with van der Waals surface area (Å²) in [5.41, 5.74) is 1.42. The molecule has 1 aromatic carbocycles. The van der Waals surface area contributed by atoms with E-state index in [0.29, 0.717) is 12.1 Å². The van der Waals surface area contributed by atoms with Gasteiger partial charge in [0.05, 0.1) is 17.1 Å². The first-order valence-corrected chi connectivity index (χ1v) is 7.30. The molecule has 1 saturated carbocycles. The SMILES string of the molecule is Cn1cccc1CN(C(=O)c1ccc(F)cc1Cl)C1CC1. The summed E-state index contributed by atoms with van der Waals surface area (Å²) in [7, 11) is 1.95. The van der Waals surface area contributed by atoms with Crippen molar-refractivity contribution in [3.63, 3.8) is 0 Å². The highest BCUT2D eigenvalue weighted by Crippen LogP contribution is 2.31. The van der Waals surface area contributed by atoms with E-state index in [1.54, 1.807) is 0 Å². The predicted molar refractivity (Wildman–Crippen MR) is 79.7 cm³/mol. The van der Waals surface area contributed by atoms with Crippen LogP contribution in [0.1, 0.15) is 28.9 Å². The average Bonchev–Trinajstić information content (AvgIpc) is 3.19. The lowest BCUT2D eigenvalue weighted by molar-refractivity contribution is 0.0726. The number of benzene rings is 1. The van der Waals surface area contributed by atoms with Crippen molar-refractivity contribution in [1.82, 2.24) is 9.47 Å². The van der Waals surface area contributed by atoms with Gasteiger partial charge in [-0.2, -0.15) is 0 Å². The minimum atomic E-state index is -0.433. The lowest BCUT2D eigenvalue weighted by Crippen LogP contribution is -2.33. The van der Waals surface area contributed by atoms with Crippen LogP contribution in [0.25, 0.3) is 0 Å². The fraction of sp³-hybridized carbons (Fsp3) is 0.312. The van der Waals surface area contributed by atoms with E-state index in [-0.39, 0.29) is 17.0 Å². The zero-order valence-corrected chi connectivity index (χ0v) is 12.5. The molecule has 21 heavy (non-hydrogen) atoms. The van der Waals surface area contributed by atoms with Gasteiger partial charge in [-0.1, -0.05) is 11.6 Å². The third kappa shape index (κ3) is 2.95. The van der Waals surface area contributed by atoms with Crippen LogP contribution in [0.4, 0.5) is 4.39 Å². The van der Waals surface area contributed by atoms with E-state index >= 15 is 0 Å². The normalized spacial score (nSPS) is 14.2. The number of halogens is 2. The summed E-state index contributed by atoms with van der Waals surface area (Å²) >= 11 is 6.01. The highest BCUT2D eigenvalue weighted by Gasteiger charge is 2.34. The first-order chi connectivity index (χ1) is 10.1. The molecule has 5 heteroatoms. The summed E-state index contributed by atoms with van der Waals surface area (Å²) in [6, 6.07) is 8.12. The van der Waals surface area contributed by atoms with E-state index in [9.17, 15) is 9.18 Å². The van der Waals surface area contributed by atoms with Gasteiger partial charge < -0.3 is 9.47 Å². The Hall–Kier alpha value is -1.81. The van der Waals surface area contributed by atoms with Crippen molar-refractivity contribution in [3.8, 4) is 0 Å². The Labute approximate surface area is 127 Å². The van der Waals surface area contributed by atoms with Crippen molar-refractivity contribution in [2.75, 3.05) is 0 Å². The van der Waals surface area contributed by atoms with Crippen molar-refractivity contribution in [2.45, 2.75) is 25.4 Å². The second kappa shape index (κ2) is 5.53. The van der Waals surface area contributed by atoms with Gasteiger partial charge in [-0.25, -0.2) is 4.39 Å². The second-order valence-electron chi connectivity index (χ2n) is 5.40. The van der Waals surface area contributed by atoms with E-state index < -0.39 is 5.82 Å². The number of aryl methyl sites for hydroxylation is 1. The highest BCUT2D eigenvalue weighted by atomic mass is 35.5. The molecule has 0 radical (unpaired) electrons. The fourth-order valence-corrected chi connectivity index (χ4v) is 2.65. The maximum absolute atomic E-state index is 13.1. The molecule has 0 atom stereocenters. The number of amides is 1. The maximum Gasteiger partial charge on any atom is 0.255 e. The predicted octanol–water partition coefficient (Wildman–Crippen LogP) is 3.62. The number of aromatic nitrogens is 1. The molecular formula is C16H16ClFN2O. The number of hydrogen-bond donors (Lipinski definition) is 0. The highest BCUT2D eigenvalue weighted by molar-refractivity contribution is 6.33. The molecule has 1 heterocycles. The molecule has 1 amide bonds. The van der Waals surface area contributed by atoms with Crippen molar-refractivity contribution >= 4 is 17.5 Å². The van der Waals surface area contributed by atoms with Gasteiger partial charge in [-0.15, -0.1) is 0 Å². The Morgan fingerprint density at radius 3 is 2.76 bits per heavy atom. The van der Waals surface area contributed by atoms with Gasteiger partial charge in [-0.3, -0.25) is 4.79 Å². The van der Waals surface area contributed by atoms with Crippen LogP contribution < -0.4 is 0 Å². The first-order valence-electron chi connectivity index (χ1n) is 6.92. The Morgan fingerprint density at radius 2 is 2.19 bits per heavy atom. The van der Waals surface area contributed by atoms with Gasteiger partial charge in [0.15, 0.2) is 0 Å². The smallest absolute Gasteiger partial charge is 0.255 e. The van der Waals surface area contributed by atoms with Crippen molar-refractivity contribution in [3.05, 3.63) is 58.6 Å². The minimum absolute atomic E-state index is 0.135. The standard InChI is InChI=1S/C16H16ClFN2O/c1-19-8-2-3-13(19)10-20(12-5-6-12)16(21)14-7-4-11(18)9-15(14)17/h2-4,7-9,12H,5-6,10H2,1H3. The second-order valence-corrected chi connectivity index (χ2v) is 5.81. The van der Waals surface area contributed by atoms with Crippen LogP contribution in [-0.4, -0.2) is 21.4 Å². The molecule has 110 valence electrons. The lowest BCUT2D eigenvalue weighted by Gasteiger charge is -2.23. The van der Waals surface area contributed by atoms with Gasteiger partial charge >= 0.3 is 0 Å². The average molecular weight is 307 g/mol. The van der Waals surface area contributed by atoms with Gasteiger partial charge in [0.2, 0.25) is 0 Å². The van der Waals surface area contributed by atoms with Crippen LogP contribution >= 0.6 is 11.6 Å². The number of hydrogen-bond acceptors (Lipinski definition) is 1. The molecule has 0 N–H and O–H groups in total. The van der Waals surface area contributed by atoms with Crippen molar-refractivity contribution in [2.24, 2.45) is 7.05 Å². The van der Waals surface area contributed by atoms with Crippen LogP contribution in [0.2, 0.25) is 5.02 Å². The topological polar surface area (TPSA) is 25.2 Å². The Morgan fingerprint density at radius 1 is 1.43 bits per heavy atom. The largest absolute Gasteiger partial charge is 0.353 e. The van der Waals surface area contributed by atoms with Gasteiger partial charge in [0.1, 0.15) is 5.82 Å². The third-order valence-corrected chi connectivity index (χ3v) is 4.11. The molecule has 1 aliphatic carbocycles. The summed E-state index contributed by atoms with van der Waals surface area (Å²) in [5.74, 6) is -0.569. The Balaban J connectivity index is 1.87. The molecule has 3 rings (SSSR count). The fourth-order valence-electron chi connectivity index (χ4n) is 2.41. The van der Waals surface area contributed by atoms with Crippen LogP contribution in [0.15, 0.2) is 36.5 Å². The van der Waals surface area contributed by atoms with Crippen molar-refractivity contribution < 1.29 is 9.18 Å².